The van der Waals surface area contributed by atoms with Gasteiger partial charge in [-0.3, -0.25) is 4.79 Å². The Kier molecular flexibility index (Phi) is 6.00. The highest BCUT2D eigenvalue weighted by Crippen LogP contribution is 2.57. The fourth-order valence-corrected chi connectivity index (χ4v) is 6.48. The largest absolute Gasteiger partial charge is 0.480 e. The Labute approximate surface area is 187 Å². The summed E-state index contributed by atoms with van der Waals surface area (Å²) in [5, 5.41) is 10.6. The molecule has 0 radical (unpaired) electrons. The molecular formula is C22H26ClN3O4S. The van der Waals surface area contributed by atoms with Gasteiger partial charge in [-0.25, -0.2) is 0 Å². The first-order valence-corrected chi connectivity index (χ1v) is 12.2. The summed E-state index contributed by atoms with van der Waals surface area (Å²) in [4.78, 5) is 14.3. The van der Waals surface area contributed by atoms with Crippen LogP contribution in [0.3, 0.4) is 0 Å². The molecule has 166 valence electrons. The molecule has 2 N–H and O–H groups in total. The van der Waals surface area contributed by atoms with E-state index in [-0.39, 0.29) is 12.5 Å². The zero-order valence-electron chi connectivity index (χ0n) is 17.2. The Morgan fingerprint density at radius 3 is 2.52 bits per heavy atom. The first-order valence-electron chi connectivity index (χ1n) is 10.3. The van der Waals surface area contributed by atoms with Gasteiger partial charge in [0.25, 0.3) is 10.2 Å². The lowest BCUT2D eigenvalue weighted by Gasteiger charge is -2.25. The van der Waals surface area contributed by atoms with E-state index in [9.17, 15) is 18.3 Å². The Morgan fingerprint density at radius 2 is 1.84 bits per heavy atom. The van der Waals surface area contributed by atoms with Crippen molar-refractivity contribution in [3.8, 4) is 0 Å². The topological polar surface area (TPSA) is 90.0 Å². The summed E-state index contributed by atoms with van der Waals surface area (Å²) in [6.07, 6.45) is 0.630. The molecule has 4 rings (SSSR count). The average Bonchev–Trinajstić information content (AvgIpc) is 3.41. The molecule has 1 aliphatic heterocycles. The molecule has 0 aromatic heterocycles. The number of hydrogen-bond donors (Lipinski definition) is 2. The van der Waals surface area contributed by atoms with Crippen LogP contribution in [0.25, 0.3) is 0 Å². The predicted molar refractivity (Wildman–Crippen MR) is 121 cm³/mol. The standard InChI is InChI=1S/C22H26ClN3O4S/c1-16-20(17-7-3-2-4-8-17)22(16,21(27)28)24-31(29,30)26-12-6-11-25(13-14-26)19-10-5-9-18(23)15-19/h2-5,7-10,15-16,20,24H,6,11-14H2,1H3,(H,27,28)/t16?,20-,22+/m1/s1. The highest BCUT2D eigenvalue weighted by Gasteiger charge is 2.70. The van der Waals surface area contributed by atoms with Crippen molar-refractivity contribution in [3.63, 3.8) is 0 Å². The maximum atomic E-state index is 13.2. The molecule has 1 unspecified atom stereocenters. The van der Waals surface area contributed by atoms with Crippen LogP contribution < -0.4 is 9.62 Å². The molecule has 2 fully saturated rings. The van der Waals surface area contributed by atoms with Crippen molar-refractivity contribution < 1.29 is 18.3 Å². The predicted octanol–water partition coefficient (Wildman–Crippen LogP) is 2.94. The zero-order valence-corrected chi connectivity index (χ0v) is 18.8. The molecule has 0 spiro atoms. The smallest absolute Gasteiger partial charge is 0.325 e. The lowest BCUT2D eigenvalue weighted by atomic mass is 10.1. The lowest BCUT2D eigenvalue weighted by Crippen LogP contribution is -2.52. The van der Waals surface area contributed by atoms with Gasteiger partial charge in [0.05, 0.1) is 0 Å². The summed E-state index contributed by atoms with van der Waals surface area (Å²) in [5.41, 5.74) is 0.240. The van der Waals surface area contributed by atoms with E-state index in [2.05, 4.69) is 9.62 Å². The molecule has 0 amide bonds. The molecular weight excluding hydrogens is 438 g/mol. The minimum atomic E-state index is -3.98. The van der Waals surface area contributed by atoms with Gasteiger partial charge >= 0.3 is 5.97 Å². The summed E-state index contributed by atoms with van der Waals surface area (Å²) >= 11 is 6.09. The third-order valence-corrected chi connectivity index (χ3v) is 8.25. The molecule has 1 saturated heterocycles. The summed E-state index contributed by atoms with van der Waals surface area (Å²) < 4.78 is 30.4. The summed E-state index contributed by atoms with van der Waals surface area (Å²) in [6.45, 7) is 3.56. The quantitative estimate of drug-likeness (QED) is 0.687. The Balaban J connectivity index is 1.51. The van der Waals surface area contributed by atoms with Crippen molar-refractivity contribution in [3.05, 3.63) is 65.2 Å². The van der Waals surface area contributed by atoms with E-state index in [4.69, 9.17) is 11.6 Å². The highest BCUT2D eigenvalue weighted by molar-refractivity contribution is 7.87. The van der Waals surface area contributed by atoms with Crippen molar-refractivity contribution in [2.75, 3.05) is 31.1 Å². The number of carboxylic acid groups (broad SMARTS) is 1. The van der Waals surface area contributed by atoms with Gasteiger partial charge in [0.15, 0.2) is 0 Å². The third-order valence-electron chi connectivity index (χ3n) is 6.38. The monoisotopic (exact) mass is 463 g/mol. The molecule has 9 heteroatoms. The number of rotatable bonds is 6. The Hall–Kier alpha value is -2.13. The van der Waals surface area contributed by atoms with Gasteiger partial charge in [-0.05, 0) is 36.1 Å². The normalized spacial score (nSPS) is 27.0. The van der Waals surface area contributed by atoms with Gasteiger partial charge in [0.2, 0.25) is 0 Å². The van der Waals surface area contributed by atoms with E-state index in [1.54, 1.807) is 13.0 Å². The number of nitrogens with one attached hydrogen (secondary N) is 1. The second kappa shape index (κ2) is 8.43. The fraction of sp³-hybridized carbons (Fsp3) is 0.409. The van der Waals surface area contributed by atoms with Crippen LogP contribution in [0.15, 0.2) is 54.6 Å². The van der Waals surface area contributed by atoms with Gasteiger partial charge < -0.3 is 10.0 Å². The lowest BCUT2D eigenvalue weighted by molar-refractivity contribution is -0.140. The Morgan fingerprint density at radius 1 is 1.10 bits per heavy atom. The first kappa shape index (κ1) is 22.1. The molecule has 1 saturated carbocycles. The number of halogens is 1. The molecule has 3 atom stereocenters. The van der Waals surface area contributed by atoms with Crippen LogP contribution in [0.2, 0.25) is 5.02 Å². The van der Waals surface area contributed by atoms with Crippen molar-refractivity contribution in [2.24, 2.45) is 5.92 Å². The van der Waals surface area contributed by atoms with Crippen LogP contribution in [0, 0.1) is 5.92 Å². The number of hydrogen-bond acceptors (Lipinski definition) is 4. The number of nitrogens with zero attached hydrogens (tertiary/aromatic N) is 2. The van der Waals surface area contributed by atoms with Gasteiger partial charge in [-0.1, -0.05) is 54.9 Å². The van der Waals surface area contributed by atoms with E-state index >= 15 is 0 Å². The molecule has 1 heterocycles. The number of carboxylic acids is 1. The van der Waals surface area contributed by atoms with E-state index < -0.39 is 27.6 Å². The minimum Gasteiger partial charge on any atom is -0.480 e. The summed E-state index contributed by atoms with van der Waals surface area (Å²) in [6, 6.07) is 16.7. The number of carbonyl (C=O) groups is 1. The number of anilines is 1. The van der Waals surface area contributed by atoms with Crippen LogP contribution in [0.1, 0.15) is 24.8 Å². The van der Waals surface area contributed by atoms with Crippen LogP contribution in [0.5, 0.6) is 0 Å². The maximum Gasteiger partial charge on any atom is 0.325 e. The van der Waals surface area contributed by atoms with Crippen LogP contribution in [0.4, 0.5) is 5.69 Å². The number of aliphatic carboxylic acids is 1. The third kappa shape index (κ3) is 4.17. The second-order valence-electron chi connectivity index (χ2n) is 8.18. The van der Waals surface area contributed by atoms with Crippen LogP contribution in [-0.4, -0.2) is 55.5 Å². The van der Waals surface area contributed by atoms with Crippen LogP contribution >= 0.6 is 11.6 Å². The van der Waals surface area contributed by atoms with Crippen molar-refractivity contribution >= 4 is 33.5 Å². The molecule has 2 aliphatic rings. The van der Waals surface area contributed by atoms with Gasteiger partial charge in [0, 0.05) is 42.8 Å². The van der Waals surface area contributed by atoms with Crippen molar-refractivity contribution in [2.45, 2.75) is 24.8 Å². The van der Waals surface area contributed by atoms with Crippen molar-refractivity contribution in [1.82, 2.24) is 9.03 Å². The van der Waals surface area contributed by atoms with Gasteiger partial charge in [-0.15, -0.1) is 0 Å². The minimum absolute atomic E-state index is 0.266. The Bertz CT molecular complexity index is 1070. The molecule has 7 nitrogen and oxygen atoms in total. The molecule has 31 heavy (non-hydrogen) atoms. The first-order chi connectivity index (χ1) is 14.8. The van der Waals surface area contributed by atoms with Crippen molar-refractivity contribution in [1.29, 1.82) is 0 Å². The molecule has 1 aliphatic carbocycles. The highest BCUT2D eigenvalue weighted by atomic mass is 35.5. The average molecular weight is 464 g/mol. The van der Waals surface area contributed by atoms with Crippen LogP contribution in [-0.2, 0) is 15.0 Å². The van der Waals surface area contributed by atoms with E-state index in [1.807, 2.05) is 48.5 Å². The van der Waals surface area contributed by atoms with Gasteiger partial charge in [-0.2, -0.15) is 17.4 Å². The summed E-state index contributed by atoms with van der Waals surface area (Å²) in [7, 11) is -3.98. The van der Waals surface area contributed by atoms with E-state index in [0.29, 0.717) is 31.1 Å². The molecule has 2 aromatic carbocycles. The summed E-state index contributed by atoms with van der Waals surface area (Å²) in [5.74, 6) is -1.90. The number of benzene rings is 2. The van der Waals surface area contributed by atoms with Gasteiger partial charge in [0.1, 0.15) is 5.54 Å². The maximum absolute atomic E-state index is 13.2. The molecule has 0 bridgehead atoms. The van der Waals surface area contributed by atoms with E-state index in [1.165, 1.54) is 4.31 Å². The zero-order chi connectivity index (χ0) is 22.2. The second-order valence-corrected chi connectivity index (χ2v) is 10.3. The van der Waals surface area contributed by atoms with E-state index in [0.717, 1.165) is 11.3 Å². The molecule has 2 aromatic rings. The SMILES string of the molecule is CC1[C@H](c2ccccc2)[C@]1(NS(=O)(=O)N1CCCN(c2cccc(Cl)c2)CC1)C(=O)O. The fourth-order valence-electron chi connectivity index (χ4n) is 4.64.